The van der Waals surface area contributed by atoms with Gasteiger partial charge in [0.15, 0.2) is 0 Å². The molecular formula is C25H37F. The summed E-state index contributed by atoms with van der Waals surface area (Å²) in [4.78, 5) is 0. The van der Waals surface area contributed by atoms with Crippen molar-refractivity contribution in [1.82, 2.24) is 0 Å². The molecule has 0 heterocycles. The molecule has 2 saturated carbocycles. The smallest absolute Gasteiger partial charge is 0.123 e. The summed E-state index contributed by atoms with van der Waals surface area (Å²) in [6, 6.07) is 7.18. The van der Waals surface area contributed by atoms with Gasteiger partial charge in [-0.2, -0.15) is 0 Å². The molecule has 0 radical (unpaired) electrons. The number of halogens is 1. The topological polar surface area (TPSA) is 0 Å². The van der Waals surface area contributed by atoms with Crippen molar-refractivity contribution in [2.24, 2.45) is 17.8 Å². The Labute approximate surface area is 160 Å². The van der Waals surface area contributed by atoms with Crippen LogP contribution in [0.15, 0.2) is 36.4 Å². The van der Waals surface area contributed by atoms with E-state index in [1.54, 1.807) is 12.1 Å². The Balaban J connectivity index is 1.36. The predicted molar refractivity (Wildman–Crippen MR) is 110 cm³/mol. The molecule has 1 aromatic rings. The van der Waals surface area contributed by atoms with Crippen LogP contribution >= 0.6 is 0 Å². The predicted octanol–water partition coefficient (Wildman–Crippen LogP) is 8.04. The number of benzene rings is 1. The molecule has 0 saturated heterocycles. The quantitative estimate of drug-likeness (QED) is 0.342. The van der Waals surface area contributed by atoms with Crippen LogP contribution in [0, 0.1) is 23.6 Å². The van der Waals surface area contributed by atoms with E-state index in [0.29, 0.717) is 5.92 Å². The van der Waals surface area contributed by atoms with Gasteiger partial charge in [0.05, 0.1) is 0 Å². The van der Waals surface area contributed by atoms with E-state index in [4.69, 9.17) is 0 Å². The second-order valence-electron chi connectivity index (χ2n) is 8.82. The molecule has 2 fully saturated rings. The van der Waals surface area contributed by atoms with E-state index in [-0.39, 0.29) is 5.82 Å². The third kappa shape index (κ3) is 5.96. The van der Waals surface area contributed by atoms with E-state index in [0.717, 1.165) is 17.8 Å². The van der Waals surface area contributed by atoms with Gasteiger partial charge in [-0.15, -0.1) is 0 Å². The van der Waals surface area contributed by atoms with Crippen LogP contribution in [0.1, 0.15) is 95.5 Å². The molecule has 3 rings (SSSR count). The molecule has 0 N–H and O–H groups in total. The second-order valence-corrected chi connectivity index (χ2v) is 8.82. The zero-order chi connectivity index (χ0) is 18.2. The molecule has 0 amide bonds. The van der Waals surface area contributed by atoms with Crippen LogP contribution in [-0.4, -0.2) is 0 Å². The van der Waals surface area contributed by atoms with Crippen molar-refractivity contribution in [3.8, 4) is 0 Å². The van der Waals surface area contributed by atoms with Crippen molar-refractivity contribution in [1.29, 1.82) is 0 Å². The van der Waals surface area contributed by atoms with E-state index in [9.17, 15) is 4.39 Å². The van der Waals surface area contributed by atoms with Gasteiger partial charge in [0.1, 0.15) is 5.82 Å². The fourth-order valence-electron chi connectivity index (χ4n) is 5.05. The van der Waals surface area contributed by atoms with Gasteiger partial charge >= 0.3 is 0 Å². The Kier molecular flexibility index (Phi) is 7.77. The molecule has 0 unspecified atom stereocenters. The van der Waals surface area contributed by atoms with E-state index in [1.807, 2.05) is 12.1 Å². The minimum absolute atomic E-state index is 0.120. The zero-order valence-electron chi connectivity index (χ0n) is 16.6. The Morgan fingerprint density at radius 2 is 1.38 bits per heavy atom. The highest BCUT2D eigenvalue weighted by Gasteiger charge is 2.22. The van der Waals surface area contributed by atoms with E-state index in [1.165, 1.54) is 82.6 Å². The van der Waals surface area contributed by atoms with Gasteiger partial charge in [0.25, 0.3) is 0 Å². The standard InChI is InChI=1S/C25H37F/c1-2-3-4-5-20-6-8-21(9-7-20)10-11-22-12-14-23(15-13-22)24-16-18-25(26)19-17-24/h10-11,16-23H,2-9,12-15H2,1H3/t20-,21-,22-,23-. The number of rotatable bonds is 7. The Morgan fingerprint density at radius 1 is 0.808 bits per heavy atom. The van der Waals surface area contributed by atoms with Crippen molar-refractivity contribution in [3.05, 3.63) is 47.8 Å². The lowest BCUT2D eigenvalue weighted by atomic mass is 9.77. The lowest BCUT2D eigenvalue weighted by Crippen LogP contribution is -2.14. The van der Waals surface area contributed by atoms with E-state index < -0.39 is 0 Å². The van der Waals surface area contributed by atoms with Crippen LogP contribution in [-0.2, 0) is 0 Å². The molecule has 144 valence electrons. The van der Waals surface area contributed by atoms with Gasteiger partial charge in [-0.05, 0) is 92.7 Å². The van der Waals surface area contributed by atoms with Crippen molar-refractivity contribution in [2.45, 2.75) is 89.9 Å². The molecule has 0 spiro atoms. The minimum atomic E-state index is -0.120. The number of unbranched alkanes of at least 4 members (excludes halogenated alkanes) is 2. The normalized spacial score (nSPS) is 29.9. The van der Waals surface area contributed by atoms with Gasteiger partial charge in [-0.3, -0.25) is 0 Å². The van der Waals surface area contributed by atoms with Crippen LogP contribution in [0.25, 0.3) is 0 Å². The maximum Gasteiger partial charge on any atom is 0.123 e. The van der Waals surface area contributed by atoms with Crippen molar-refractivity contribution < 1.29 is 4.39 Å². The first kappa shape index (κ1) is 19.6. The SMILES string of the molecule is CCCCC[C@H]1CC[C@H](C=C[C@H]2CC[C@H](c3ccc(F)cc3)CC2)CC1. The van der Waals surface area contributed by atoms with Crippen LogP contribution in [0.4, 0.5) is 4.39 Å². The highest BCUT2D eigenvalue weighted by molar-refractivity contribution is 5.21. The van der Waals surface area contributed by atoms with Crippen molar-refractivity contribution in [3.63, 3.8) is 0 Å². The maximum atomic E-state index is 13.1. The molecule has 1 heteroatoms. The number of hydrogen-bond donors (Lipinski definition) is 0. The minimum Gasteiger partial charge on any atom is -0.207 e. The summed E-state index contributed by atoms with van der Waals surface area (Å²) in [5.74, 6) is 3.14. The van der Waals surface area contributed by atoms with Gasteiger partial charge < -0.3 is 0 Å². The monoisotopic (exact) mass is 356 g/mol. The number of allylic oxidation sites excluding steroid dienone is 2. The zero-order valence-corrected chi connectivity index (χ0v) is 16.6. The largest absolute Gasteiger partial charge is 0.207 e. The molecule has 2 aliphatic carbocycles. The van der Waals surface area contributed by atoms with Crippen LogP contribution in [0.5, 0.6) is 0 Å². The first-order valence-electron chi connectivity index (χ1n) is 11.2. The molecule has 0 aromatic heterocycles. The van der Waals surface area contributed by atoms with Crippen molar-refractivity contribution >= 4 is 0 Å². The fourth-order valence-corrected chi connectivity index (χ4v) is 5.05. The first-order chi connectivity index (χ1) is 12.7. The maximum absolute atomic E-state index is 13.1. The molecule has 0 aliphatic heterocycles. The van der Waals surface area contributed by atoms with Crippen LogP contribution in [0.3, 0.4) is 0 Å². The highest BCUT2D eigenvalue weighted by Crippen LogP contribution is 2.37. The summed E-state index contributed by atoms with van der Waals surface area (Å²) >= 11 is 0. The molecule has 1 aromatic carbocycles. The molecule has 0 atom stereocenters. The molecular weight excluding hydrogens is 319 g/mol. The second kappa shape index (κ2) is 10.3. The van der Waals surface area contributed by atoms with Gasteiger partial charge in [0.2, 0.25) is 0 Å². The van der Waals surface area contributed by atoms with Crippen LogP contribution < -0.4 is 0 Å². The van der Waals surface area contributed by atoms with Crippen LogP contribution in [0.2, 0.25) is 0 Å². The Morgan fingerprint density at radius 3 is 1.96 bits per heavy atom. The van der Waals surface area contributed by atoms with Gasteiger partial charge in [-0.1, -0.05) is 56.9 Å². The van der Waals surface area contributed by atoms with E-state index in [2.05, 4.69) is 19.1 Å². The highest BCUT2D eigenvalue weighted by atomic mass is 19.1. The lowest BCUT2D eigenvalue weighted by molar-refractivity contribution is 0.288. The molecule has 0 bridgehead atoms. The lowest BCUT2D eigenvalue weighted by Gasteiger charge is -2.29. The fraction of sp³-hybridized carbons (Fsp3) is 0.680. The average Bonchev–Trinajstić information content (AvgIpc) is 2.69. The molecule has 0 nitrogen and oxygen atoms in total. The summed E-state index contributed by atoms with van der Waals surface area (Å²) in [6.07, 6.45) is 21.6. The first-order valence-corrected chi connectivity index (χ1v) is 11.2. The number of hydrogen-bond acceptors (Lipinski definition) is 0. The molecule has 2 aliphatic rings. The summed E-state index contributed by atoms with van der Waals surface area (Å²) in [5.41, 5.74) is 1.33. The summed E-state index contributed by atoms with van der Waals surface area (Å²) in [7, 11) is 0. The van der Waals surface area contributed by atoms with Crippen molar-refractivity contribution in [2.75, 3.05) is 0 Å². The third-order valence-electron chi connectivity index (χ3n) is 6.88. The molecule has 26 heavy (non-hydrogen) atoms. The summed E-state index contributed by atoms with van der Waals surface area (Å²) in [5, 5.41) is 0. The van der Waals surface area contributed by atoms with Gasteiger partial charge in [-0.25, -0.2) is 4.39 Å². The van der Waals surface area contributed by atoms with E-state index >= 15 is 0 Å². The summed E-state index contributed by atoms with van der Waals surface area (Å²) < 4.78 is 13.1. The third-order valence-corrected chi connectivity index (χ3v) is 6.88. The Hall–Kier alpha value is -1.11. The Bertz CT molecular complexity index is 528. The van der Waals surface area contributed by atoms with Gasteiger partial charge in [0, 0.05) is 0 Å². The summed E-state index contributed by atoms with van der Waals surface area (Å²) in [6.45, 7) is 2.30. The average molecular weight is 357 g/mol.